The number of sulfonamides is 1. The molecule has 0 fully saturated rings. The van der Waals surface area contributed by atoms with Crippen LogP contribution in [0.5, 0.6) is 0 Å². The fourth-order valence-electron chi connectivity index (χ4n) is 3.16. The van der Waals surface area contributed by atoms with Crippen LogP contribution in [0.2, 0.25) is 10.0 Å². The fourth-order valence-corrected chi connectivity index (χ4v) is 4.91. The lowest BCUT2D eigenvalue weighted by molar-refractivity contribution is -0.139. The molecule has 0 spiro atoms. The number of halogens is 3. The highest BCUT2D eigenvalue weighted by atomic mass is 79.9. The molecule has 7 nitrogen and oxygen atoms in total. The Morgan fingerprint density at radius 2 is 1.76 bits per heavy atom. The van der Waals surface area contributed by atoms with Crippen molar-refractivity contribution in [1.29, 1.82) is 0 Å². The molecule has 2 aromatic carbocycles. The van der Waals surface area contributed by atoms with Crippen LogP contribution < -0.4 is 9.62 Å². The molecule has 34 heavy (non-hydrogen) atoms. The van der Waals surface area contributed by atoms with E-state index < -0.39 is 28.5 Å². The summed E-state index contributed by atoms with van der Waals surface area (Å²) in [6.45, 7) is 4.99. The summed E-state index contributed by atoms with van der Waals surface area (Å²) in [7, 11) is -3.90. The van der Waals surface area contributed by atoms with E-state index in [1.54, 1.807) is 13.0 Å². The Bertz CT molecular complexity index is 1150. The van der Waals surface area contributed by atoms with E-state index in [1.807, 2.05) is 38.1 Å². The van der Waals surface area contributed by atoms with Gasteiger partial charge in [0.1, 0.15) is 12.6 Å². The van der Waals surface area contributed by atoms with Gasteiger partial charge in [0, 0.05) is 17.1 Å². The number of hydrogen-bond donors (Lipinski definition) is 1. The van der Waals surface area contributed by atoms with Gasteiger partial charge in [0.25, 0.3) is 0 Å². The van der Waals surface area contributed by atoms with E-state index in [2.05, 4.69) is 21.2 Å². The molecule has 1 N–H and O–H groups in total. The second-order valence-corrected chi connectivity index (χ2v) is 11.6. The van der Waals surface area contributed by atoms with E-state index in [1.165, 1.54) is 17.0 Å². The molecule has 0 saturated heterocycles. The molecule has 11 heteroatoms. The van der Waals surface area contributed by atoms with E-state index >= 15 is 0 Å². The van der Waals surface area contributed by atoms with Gasteiger partial charge < -0.3 is 10.2 Å². The number of hydrogen-bond acceptors (Lipinski definition) is 4. The predicted octanol–water partition coefficient (Wildman–Crippen LogP) is 4.85. The maximum atomic E-state index is 13.5. The highest BCUT2D eigenvalue weighted by Crippen LogP contribution is 2.33. The van der Waals surface area contributed by atoms with Crippen LogP contribution in [-0.2, 0) is 26.2 Å². The molecule has 0 aliphatic heterocycles. The average molecular weight is 593 g/mol. The van der Waals surface area contributed by atoms with Gasteiger partial charge >= 0.3 is 0 Å². The first-order chi connectivity index (χ1) is 15.8. The smallest absolute Gasteiger partial charge is 0.244 e. The number of benzene rings is 2. The summed E-state index contributed by atoms with van der Waals surface area (Å²) < 4.78 is 26.9. The summed E-state index contributed by atoms with van der Waals surface area (Å²) in [5.74, 6) is -0.891. The second kappa shape index (κ2) is 12.2. The first-order valence-electron chi connectivity index (χ1n) is 10.6. The third-order valence-electron chi connectivity index (χ3n) is 5.29. The van der Waals surface area contributed by atoms with Crippen LogP contribution in [0.4, 0.5) is 5.69 Å². The Kier molecular flexibility index (Phi) is 10.2. The van der Waals surface area contributed by atoms with Crippen LogP contribution in [0.25, 0.3) is 0 Å². The minimum absolute atomic E-state index is 0.0171. The van der Waals surface area contributed by atoms with Crippen LogP contribution in [0.3, 0.4) is 0 Å². The van der Waals surface area contributed by atoms with Gasteiger partial charge in [0.2, 0.25) is 21.8 Å². The van der Waals surface area contributed by atoms with Crippen molar-refractivity contribution in [3.05, 3.63) is 62.5 Å². The molecular formula is C23H28BrCl2N3O4S. The monoisotopic (exact) mass is 591 g/mol. The van der Waals surface area contributed by atoms with Crippen molar-refractivity contribution in [3.8, 4) is 0 Å². The third kappa shape index (κ3) is 7.60. The molecule has 0 heterocycles. The number of rotatable bonds is 10. The summed E-state index contributed by atoms with van der Waals surface area (Å²) in [4.78, 5) is 27.8. The zero-order valence-electron chi connectivity index (χ0n) is 19.4. The molecule has 2 aromatic rings. The SMILES string of the molecule is CC[C@@H](C)NC(=O)[C@H](C)N(Cc1cccc(Br)c1)C(=O)CN(c1cccc(Cl)c1Cl)S(C)(=O)=O. The quantitative estimate of drug-likeness (QED) is 0.427. The van der Waals surface area contributed by atoms with E-state index in [0.29, 0.717) is 0 Å². The predicted molar refractivity (Wildman–Crippen MR) is 141 cm³/mol. The summed E-state index contributed by atoms with van der Waals surface area (Å²) in [5, 5.41) is 3.06. The summed E-state index contributed by atoms with van der Waals surface area (Å²) >= 11 is 15.7. The average Bonchev–Trinajstić information content (AvgIpc) is 2.76. The maximum absolute atomic E-state index is 13.5. The minimum Gasteiger partial charge on any atom is -0.352 e. The van der Waals surface area contributed by atoms with Crippen molar-refractivity contribution in [2.45, 2.75) is 45.8 Å². The number of carbonyl (C=O) groups excluding carboxylic acids is 2. The zero-order valence-corrected chi connectivity index (χ0v) is 23.3. The number of carbonyl (C=O) groups is 2. The molecule has 2 rings (SSSR count). The molecule has 0 aliphatic rings. The molecule has 186 valence electrons. The normalized spacial score (nSPS) is 13.1. The lowest BCUT2D eigenvalue weighted by atomic mass is 10.1. The number of anilines is 1. The van der Waals surface area contributed by atoms with E-state index in [0.717, 1.165) is 27.0 Å². The fraction of sp³-hybridized carbons (Fsp3) is 0.391. The summed E-state index contributed by atoms with van der Waals surface area (Å²) in [6, 6.07) is 11.0. The largest absolute Gasteiger partial charge is 0.352 e. The van der Waals surface area contributed by atoms with E-state index in [4.69, 9.17) is 23.2 Å². The summed E-state index contributed by atoms with van der Waals surface area (Å²) in [6.07, 6.45) is 1.71. The highest BCUT2D eigenvalue weighted by Gasteiger charge is 2.31. The Morgan fingerprint density at radius 3 is 2.35 bits per heavy atom. The van der Waals surface area contributed by atoms with Gasteiger partial charge in [-0.05, 0) is 50.1 Å². The molecule has 2 amide bonds. The van der Waals surface area contributed by atoms with Gasteiger partial charge in [0.15, 0.2) is 0 Å². The van der Waals surface area contributed by atoms with Crippen molar-refractivity contribution in [2.24, 2.45) is 0 Å². The maximum Gasteiger partial charge on any atom is 0.244 e. The van der Waals surface area contributed by atoms with E-state index in [9.17, 15) is 18.0 Å². The molecule has 0 aromatic heterocycles. The van der Waals surface area contributed by atoms with Gasteiger partial charge in [-0.25, -0.2) is 8.42 Å². The van der Waals surface area contributed by atoms with Gasteiger partial charge in [0.05, 0.1) is 22.0 Å². The topological polar surface area (TPSA) is 86.8 Å². The van der Waals surface area contributed by atoms with Crippen molar-refractivity contribution in [3.63, 3.8) is 0 Å². The number of amides is 2. The number of nitrogens with zero attached hydrogens (tertiary/aromatic N) is 2. The van der Waals surface area contributed by atoms with Crippen molar-refractivity contribution in [2.75, 3.05) is 17.1 Å². The van der Waals surface area contributed by atoms with Crippen molar-refractivity contribution in [1.82, 2.24) is 10.2 Å². The zero-order chi connectivity index (χ0) is 25.6. The van der Waals surface area contributed by atoms with Crippen LogP contribution in [-0.4, -0.2) is 50.0 Å². The standard InChI is InChI=1S/C23H28BrCl2N3O4S/c1-5-15(2)27-23(31)16(3)28(13-17-8-6-9-18(24)12-17)21(30)14-29(34(4,32)33)20-11-7-10-19(25)22(20)26/h6-12,15-16H,5,13-14H2,1-4H3,(H,27,31)/t15-,16+/m1/s1. The van der Waals surface area contributed by atoms with Crippen LogP contribution in [0.1, 0.15) is 32.8 Å². The third-order valence-corrected chi connectivity index (χ3v) is 7.72. The van der Waals surface area contributed by atoms with Gasteiger partial charge in [-0.3, -0.25) is 13.9 Å². The van der Waals surface area contributed by atoms with Gasteiger partial charge in [-0.1, -0.05) is 64.3 Å². The first kappa shape index (κ1) is 28.4. The Hall–Kier alpha value is -1.81. The Labute approximate surface area is 219 Å². The van der Waals surface area contributed by atoms with Crippen LogP contribution >= 0.6 is 39.1 Å². The van der Waals surface area contributed by atoms with Crippen LogP contribution in [0, 0.1) is 0 Å². The lowest BCUT2D eigenvalue weighted by Gasteiger charge is -2.32. The van der Waals surface area contributed by atoms with Crippen molar-refractivity contribution >= 4 is 66.7 Å². The molecule has 0 saturated carbocycles. The Morgan fingerprint density at radius 1 is 1.12 bits per heavy atom. The number of nitrogens with one attached hydrogen (secondary N) is 1. The van der Waals surface area contributed by atoms with E-state index in [-0.39, 0.29) is 34.2 Å². The molecule has 0 radical (unpaired) electrons. The molecular weight excluding hydrogens is 565 g/mol. The lowest BCUT2D eigenvalue weighted by Crippen LogP contribution is -2.52. The minimum atomic E-state index is -3.90. The van der Waals surface area contributed by atoms with Gasteiger partial charge in [-0.15, -0.1) is 0 Å². The van der Waals surface area contributed by atoms with Crippen LogP contribution in [0.15, 0.2) is 46.9 Å². The molecule has 0 aliphatic carbocycles. The summed E-state index contributed by atoms with van der Waals surface area (Å²) in [5.41, 5.74) is 0.863. The molecule has 2 atom stereocenters. The highest BCUT2D eigenvalue weighted by molar-refractivity contribution is 9.10. The first-order valence-corrected chi connectivity index (χ1v) is 14.0. The second-order valence-electron chi connectivity index (χ2n) is 7.99. The van der Waals surface area contributed by atoms with Gasteiger partial charge in [-0.2, -0.15) is 0 Å². The Balaban J connectivity index is 2.43. The van der Waals surface area contributed by atoms with Crippen molar-refractivity contribution < 1.29 is 18.0 Å². The molecule has 0 bridgehead atoms. The molecule has 0 unspecified atom stereocenters.